The SMILES string of the molecule is CC(Oc1ccc(CO)cc1)(C(=O)O)C1CC1. The molecule has 1 unspecified atom stereocenters. The summed E-state index contributed by atoms with van der Waals surface area (Å²) in [6, 6.07) is 6.83. The van der Waals surface area contributed by atoms with Crippen molar-refractivity contribution in [1.82, 2.24) is 0 Å². The normalized spacial score (nSPS) is 18.5. The van der Waals surface area contributed by atoms with E-state index in [0.29, 0.717) is 5.75 Å². The van der Waals surface area contributed by atoms with E-state index in [1.807, 2.05) is 0 Å². The second-order valence-corrected chi connectivity index (χ2v) is 4.59. The lowest BCUT2D eigenvalue weighted by Gasteiger charge is -2.26. The number of aliphatic hydroxyl groups is 1. The summed E-state index contributed by atoms with van der Waals surface area (Å²) in [6.07, 6.45) is 1.80. The van der Waals surface area contributed by atoms with Crippen LogP contribution in [0.5, 0.6) is 5.75 Å². The van der Waals surface area contributed by atoms with E-state index >= 15 is 0 Å². The molecular formula is C13H16O4. The van der Waals surface area contributed by atoms with Gasteiger partial charge in [0, 0.05) is 5.92 Å². The molecule has 1 aliphatic carbocycles. The monoisotopic (exact) mass is 236 g/mol. The van der Waals surface area contributed by atoms with E-state index in [9.17, 15) is 9.90 Å². The van der Waals surface area contributed by atoms with Gasteiger partial charge in [0.2, 0.25) is 5.60 Å². The van der Waals surface area contributed by atoms with Crippen LogP contribution in [0.25, 0.3) is 0 Å². The molecule has 0 spiro atoms. The van der Waals surface area contributed by atoms with Gasteiger partial charge in [0.1, 0.15) is 5.75 Å². The molecule has 1 aromatic rings. The molecule has 1 atom stereocenters. The summed E-state index contributed by atoms with van der Waals surface area (Å²) in [7, 11) is 0. The van der Waals surface area contributed by atoms with Crippen molar-refractivity contribution in [3.05, 3.63) is 29.8 Å². The van der Waals surface area contributed by atoms with Crippen LogP contribution in [0.2, 0.25) is 0 Å². The van der Waals surface area contributed by atoms with Gasteiger partial charge in [-0.1, -0.05) is 12.1 Å². The first-order valence-corrected chi connectivity index (χ1v) is 5.68. The van der Waals surface area contributed by atoms with E-state index in [0.717, 1.165) is 18.4 Å². The Morgan fingerprint density at radius 2 is 2.00 bits per heavy atom. The number of ether oxygens (including phenoxy) is 1. The van der Waals surface area contributed by atoms with Crippen molar-refractivity contribution in [2.24, 2.45) is 5.92 Å². The lowest BCUT2D eigenvalue weighted by Crippen LogP contribution is -2.43. The van der Waals surface area contributed by atoms with Crippen LogP contribution < -0.4 is 4.74 Å². The minimum atomic E-state index is -1.14. The van der Waals surface area contributed by atoms with Crippen LogP contribution in [0.15, 0.2) is 24.3 Å². The summed E-state index contributed by atoms with van der Waals surface area (Å²) in [5.74, 6) is -0.303. The maximum absolute atomic E-state index is 11.3. The Balaban J connectivity index is 2.14. The van der Waals surface area contributed by atoms with Crippen LogP contribution in [0, 0.1) is 5.92 Å². The molecule has 0 aromatic heterocycles. The number of rotatable bonds is 5. The molecule has 92 valence electrons. The molecule has 0 radical (unpaired) electrons. The number of hydrogen-bond donors (Lipinski definition) is 2. The summed E-state index contributed by atoms with van der Waals surface area (Å²) < 4.78 is 5.61. The van der Waals surface area contributed by atoms with E-state index in [-0.39, 0.29) is 12.5 Å². The van der Waals surface area contributed by atoms with Gasteiger partial charge >= 0.3 is 5.97 Å². The summed E-state index contributed by atoms with van der Waals surface area (Å²) >= 11 is 0. The fraction of sp³-hybridized carbons (Fsp3) is 0.462. The molecule has 4 heteroatoms. The van der Waals surface area contributed by atoms with Crippen molar-refractivity contribution in [3.8, 4) is 5.75 Å². The minimum Gasteiger partial charge on any atom is -0.478 e. The van der Waals surface area contributed by atoms with Crippen LogP contribution in [-0.4, -0.2) is 21.8 Å². The highest BCUT2D eigenvalue weighted by Crippen LogP contribution is 2.42. The van der Waals surface area contributed by atoms with Gasteiger partial charge < -0.3 is 14.9 Å². The molecule has 1 aromatic carbocycles. The zero-order valence-electron chi connectivity index (χ0n) is 9.72. The second-order valence-electron chi connectivity index (χ2n) is 4.59. The summed E-state index contributed by atoms with van der Waals surface area (Å²) in [5, 5.41) is 18.2. The Morgan fingerprint density at radius 3 is 2.41 bits per heavy atom. The lowest BCUT2D eigenvalue weighted by molar-refractivity contribution is -0.155. The minimum absolute atomic E-state index is 0.0287. The average Bonchev–Trinajstić information content (AvgIpc) is 3.13. The van der Waals surface area contributed by atoms with E-state index in [1.165, 1.54) is 0 Å². The molecule has 1 fully saturated rings. The summed E-state index contributed by atoms with van der Waals surface area (Å²) in [4.78, 5) is 11.3. The van der Waals surface area contributed by atoms with Crippen molar-refractivity contribution in [3.63, 3.8) is 0 Å². The maximum atomic E-state index is 11.3. The third-order valence-corrected chi connectivity index (χ3v) is 3.22. The highest BCUT2D eigenvalue weighted by atomic mass is 16.5. The molecule has 2 rings (SSSR count). The predicted molar refractivity (Wildman–Crippen MR) is 61.8 cm³/mol. The topological polar surface area (TPSA) is 66.8 Å². The number of hydrogen-bond acceptors (Lipinski definition) is 3. The first kappa shape index (κ1) is 11.9. The zero-order chi connectivity index (χ0) is 12.5. The fourth-order valence-electron chi connectivity index (χ4n) is 1.84. The fourth-order valence-corrected chi connectivity index (χ4v) is 1.84. The van der Waals surface area contributed by atoms with Gasteiger partial charge in [0.05, 0.1) is 6.61 Å². The highest BCUT2D eigenvalue weighted by Gasteiger charge is 2.49. The van der Waals surface area contributed by atoms with Gasteiger partial charge in [-0.3, -0.25) is 0 Å². The molecule has 2 N–H and O–H groups in total. The zero-order valence-corrected chi connectivity index (χ0v) is 9.72. The number of aliphatic carboxylic acids is 1. The van der Waals surface area contributed by atoms with Crippen molar-refractivity contribution >= 4 is 5.97 Å². The van der Waals surface area contributed by atoms with Crippen LogP contribution in [0.3, 0.4) is 0 Å². The summed E-state index contributed by atoms with van der Waals surface area (Å²) in [6.45, 7) is 1.59. The van der Waals surface area contributed by atoms with Gasteiger partial charge in [0.15, 0.2) is 0 Å². The summed E-state index contributed by atoms with van der Waals surface area (Å²) in [5.41, 5.74) is -0.360. The molecule has 0 heterocycles. The Kier molecular flexibility index (Phi) is 3.07. The number of carbonyl (C=O) groups is 1. The first-order valence-electron chi connectivity index (χ1n) is 5.68. The van der Waals surface area contributed by atoms with Crippen molar-refractivity contribution in [2.45, 2.75) is 32.0 Å². The van der Waals surface area contributed by atoms with E-state index in [1.54, 1.807) is 31.2 Å². The largest absolute Gasteiger partial charge is 0.478 e. The van der Waals surface area contributed by atoms with Gasteiger partial charge in [-0.05, 0) is 37.5 Å². The Morgan fingerprint density at radius 1 is 1.41 bits per heavy atom. The van der Waals surface area contributed by atoms with Crippen LogP contribution in [0.4, 0.5) is 0 Å². The van der Waals surface area contributed by atoms with Crippen LogP contribution in [-0.2, 0) is 11.4 Å². The highest BCUT2D eigenvalue weighted by molar-refractivity contribution is 5.78. The first-order chi connectivity index (χ1) is 8.06. The van der Waals surface area contributed by atoms with Gasteiger partial charge in [-0.15, -0.1) is 0 Å². The van der Waals surface area contributed by atoms with Gasteiger partial charge in [-0.2, -0.15) is 0 Å². The molecule has 0 aliphatic heterocycles. The Labute approximate surface area is 99.8 Å². The molecule has 17 heavy (non-hydrogen) atoms. The molecule has 0 amide bonds. The van der Waals surface area contributed by atoms with Crippen molar-refractivity contribution in [1.29, 1.82) is 0 Å². The molecule has 4 nitrogen and oxygen atoms in total. The second kappa shape index (κ2) is 4.37. The number of carboxylic acid groups (broad SMARTS) is 1. The lowest BCUT2D eigenvalue weighted by atomic mass is 10.0. The Bertz CT molecular complexity index is 408. The average molecular weight is 236 g/mol. The molecule has 0 saturated heterocycles. The predicted octanol–water partition coefficient (Wildman–Crippen LogP) is 1.81. The number of aliphatic hydroxyl groups excluding tert-OH is 1. The van der Waals surface area contributed by atoms with Crippen LogP contribution >= 0.6 is 0 Å². The molecule has 1 saturated carbocycles. The van der Waals surface area contributed by atoms with Gasteiger partial charge in [-0.25, -0.2) is 4.79 Å². The third kappa shape index (κ3) is 2.42. The third-order valence-electron chi connectivity index (χ3n) is 3.22. The van der Waals surface area contributed by atoms with E-state index in [2.05, 4.69) is 0 Å². The van der Waals surface area contributed by atoms with Crippen molar-refractivity contribution < 1.29 is 19.7 Å². The standard InChI is InChI=1S/C13H16O4/c1-13(12(15)16,10-4-5-10)17-11-6-2-9(8-14)3-7-11/h2-3,6-7,10,14H,4-5,8H2,1H3,(H,15,16). The molecular weight excluding hydrogens is 220 g/mol. The smallest absolute Gasteiger partial charge is 0.348 e. The van der Waals surface area contributed by atoms with Gasteiger partial charge in [0.25, 0.3) is 0 Å². The van der Waals surface area contributed by atoms with Crippen molar-refractivity contribution in [2.75, 3.05) is 0 Å². The number of carboxylic acids is 1. The maximum Gasteiger partial charge on any atom is 0.348 e. The molecule has 0 bridgehead atoms. The van der Waals surface area contributed by atoms with E-state index < -0.39 is 11.6 Å². The Hall–Kier alpha value is -1.55. The van der Waals surface area contributed by atoms with Crippen LogP contribution in [0.1, 0.15) is 25.3 Å². The van der Waals surface area contributed by atoms with E-state index in [4.69, 9.17) is 9.84 Å². The quantitative estimate of drug-likeness (QED) is 0.818. The molecule has 1 aliphatic rings. The number of benzene rings is 1.